The van der Waals surface area contributed by atoms with Crippen molar-refractivity contribution >= 4 is 23.2 Å². The molecule has 17 heavy (non-hydrogen) atoms. The summed E-state index contributed by atoms with van der Waals surface area (Å²) in [6.45, 7) is 7.69. The van der Waals surface area contributed by atoms with Crippen LogP contribution in [-0.4, -0.2) is 18.0 Å². The summed E-state index contributed by atoms with van der Waals surface area (Å²) in [6, 6.07) is 5.45. The summed E-state index contributed by atoms with van der Waals surface area (Å²) in [5.41, 5.74) is 1.96. The van der Waals surface area contributed by atoms with E-state index in [0.717, 1.165) is 11.3 Å². The number of nitrogens with one attached hydrogen (secondary N) is 2. The number of carbonyl (C=O) groups is 1. The van der Waals surface area contributed by atoms with Crippen LogP contribution in [0.1, 0.15) is 26.3 Å². The summed E-state index contributed by atoms with van der Waals surface area (Å²) in [4.78, 5) is 11.7. The number of carbonyl (C=O) groups excluding carboxylic acids is 1. The van der Waals surface area contributed by atoms with E-state index in [-0.39, 0.29) is 18.0 Å². The van der Waals surface area contributed by atoms with Crippen molar-refractivity contribution in [2.45, 2.75) is 39.8 Å². The Labute approximate surface area is 108 Å². The molecule has 0 aliphatic carbocycles. The molecule has 0 heterocycles. The minimum atomic E-state index is -0.283. The highest BCUT2D eigenvalue weighted by Gasteiger charge is 2.14. The summed E-state index contributed by atoms with van der Waals surface area (Å²) >= 11 is 5.92. The molecule has 1 unspecified atom stereocenters. The van der Waals surface area contributed by atoms with Crippen molar-refractivity contribution in [3.8, 4) is 0 Å². The van der Waals surface area contributed by atoms with Gasteiger partial charge in [-0.1, -0.05) is 17.7 Å². The average molecular weight is 255 g/mol. The number of halogens is 1. The van der Waals surface area contributed by atoms with Crippen molar-refractivity contribution < 1.29 is 4.79 Å². The predicted molar refractivity (Wildman–Crippen MR) is 72.6 cm³/mol. The van der Waals surface area contributed by atoms with E-state index in [1.165, 1.54) is 0 Å². The molecule has 0 bridgehead atoms. The summed E-state index contributed by atoms with van der Waals surface area (Å²) in [6.07, 6.45) is 0. The number of hydrogen-bond donors (Lipinski definition) is 2. The maximum atomic E-state index is 11.7. The minimum Gasteiger partial charge on any atom is -0.374 e. The van der Waals surface area contributed by atoms with E-state index < -0.39 is 0 Å². The summed E-state index contributed by atoms with van der Waals surface area (Å²) in [7, 11) is 0. The molecule has 1 aromatic carbocycles. The van der Waals surface area contributed by atoms with Gasteiger partial charge in [0.15, 0.2) is 0 Å². The lowest BCUT2D eigenvalue weighted by Gasteiger charge is -2.18. The second kappa shape index (κ2) is 5.92. The van der Waals surface area contributed by atoms with Crippen molar-refractivity contribution in [2.24, 2.45) is 0 Å². The third-order valence-electron chi connectivity index (χ3n) is 2.40. The molecule has 0 saturated carbocycles. The molecule has 94 valence electrons. The Morgan fingerprint density at radius 1 is 1.29 bits per heavy atom. The van der Waals surface area contributed by atoms with Gasteiger partial charge in [-0.25, -0.2) is 0 Å². The van der Waals surface area contributed by atoms with Gasteiger partial charge in [-0.2, -0.15) is 0 Å². The van der Waals surface area contributed by atoms with Crippen molar-refractivity contribution in [2.75, 3.05) is 5.32 Å². The lowest BCUT2D eigenvalue weighted by molar-refractivity contribution is -0.122. The molecule has 0 aliphatic heterocycles. The van der Waals surface area contributed by atoms with Crippen LogP contribution >= 0.6 is 11.6 Å². The molecule has 1 aromatic rings. The number of anilines is 1. The molecule has 3 nitrogen and oxygen atoms in total. The first-order valence-electron chi connectivity index (χ1n) is 5.73. The molecular formula is C13H19ClN2O. The second-order valence-electron chi connectivity index (χ2n) is 4.49. The first kappa shape index (κ1) is 13.8. The van der Waals surface area contributed by atoms with Gasteiger partial charge in [0.05, 0.1) is 0 Å². The number of rotatable bonds is 4. The fraction of sp³-hybridized carbons (Fsp3) is 0.462. The molecule has 0 aliphatic rings. The number of amides is 1. The number of aryl methyl sites for hydroxylation is 1. The first-order valence-corrected chi connectivity index (χ1v) is 6.11. The van der Waals surface area contributed by atoms with E-state index in [4.69, 9.17) is 11.6 Å². The van der Waals surface area contributed by atoms with Gasteiger partial charge in [-0.15, -0.1) is 0 Å². The Morgan fingerprint density at radius 2 is 1.94 bits per heavy atom. The normalized spacial score (nSPS) is 12.4. The van der Waals surface area contributed by atoms with E-state index in [1.54, 1.807) is 0 Å². The van der Waals surface area contributed by atoms with Crippen LogP contribution in [0.4, 0.5) is 5.69 Å². The van der Waals surface area contributed by atoms with Gasteiger partial charge in [-0.05, 0) is 45.4 Å². The Morgan fingerprint density at radius 3 is 2.53 bits per heavy atom. The quantitative estimate of drug-likeness (QED) is 0.867. The average Bonchev–Trinajstić information content (AvgIpc) is 2.22. The van der Waals surface area contributed by atoms with Crippen molar-refractivity contribution in [1.82, 2.24) is 5.32 Å². The highest BCUT2D eigenvalue weighted by atomic mass is 35.5. The highest BCUT2D eigenvalue weighted by Crippen LogP contribution is 2.20. The smallest absolute Gasteiger partial charge is 0.242 e. The third kappa shape index (κ3) is 4.27. The SMILES string of the molecule is Cc1ccc(Cl)cc1NC(C)C(=O)NC(C)C. The molecular weight excluding hydrogens is 236 g/mol. The zero-order chi connectivity index (χ0) is 13.0. The van der Waals surface area contributed by atoms with E-state index in [2.05, 4.69) is 10.6 Å². The molecule has 1 amide bonds. The number of hydrogen-bond acceptors (Lipinski definition) is 2. The largest absolute Gasteiger partial charge is 0.374 e. The zero-order valence-electron chi connectivity index (χ0n) is 10.7. The highest BCUT2D eigenvalue weighted by molar-refractivity contribution is 6.30. The molecule has 0 radical (unpaired) electrons. The first-order chi connectivity index (χ1) is 7.90. The van der Waals surface area contributed by atoms with Crippen LogP contribution < -0.4 is 10.6 Å². The molecule has 1 rings (SSSR count). The van der Waals surface area contributed by atoms with E-state index in [0.29, 0.717) is 5.02 Å². The molecule has 2 N–H and O–H groups in total. The lowest BCUT2D eigenvalue weighted by Crippen LogP contribution is -2.41. The standard InChI is InChI=1S/C13H19ClN2O/c1-8(2)15-13(17)10(4)16-12-7-11(14)6-5-9(12)3/h5-8,10,16H,1-4H3,(H,15,17). The predicted octanol–water partition coefficient (Wildman–Crippen LogP) is 2.97. The summed E-state index contributed by atoms with van der Waals surface area (Å²) in [5.74, 6) is -0.0145. The van der Waals surface area contributed by atoms with Crippen LogP contribution in [0.3, 0.4) is 0 Å². The second-order valence-corrected chi connectivity index (χ2v) is 4.92. The van der Waals surface area contributed by atoms with Crippen LogP contribution in [0.2, 0.25) is 5.02 Å². The van der Waals surface area contributed by atoms with Crippen LogP contribution in [-0.2, 0) is 4.79 Å². The minimum absolute atomic E-state index is 0.0145. The fourth-order valence-corrected chi connectivity index (χ4v) is 1.63. The topological polar surface area (TPSA) is 41.1 Å². The lowest BCUT2D eigenvalue weighted by atomic mass is 10.1. The van der Waals surface area contributed by atoms with Crippen LogP contribution in [0, 0.1) is 6.92 Å². The van der Waals surface area contributed by atoms with Crippen molar-refractivity contribution in [3.05, 3.63) is 28.8 Å². The van der Waals surface area contributed by atoms with Gasteiger partial charge < -0.3 is 10.6 Å². The van der Waals surface area contributed by atoms with E-state index in [9.17, 15) is 4.79 Å². The maximum Gasteiger partial charge on any atom is 0.242 e. The molecule has 4 heteroatoms. The van der Waals surface area contributed by atoms with E-state index in [1.807, 2.05) is 45.9 Å². The monoisotopic (exact) mass is 254 g/mol. The van der Waals surface area contributed by atoms with Crippen molar-refractivity contribution in [3.63, 3.8) is 0 Å². The number of benzene rings is 1. The van der Waals surface area contributed by atoms with Crippen LogP contribution in [0.25, 0.3) is 0 Å². The maximum absolute atomic E-state index is 11.7. The summed E-state index contributed by atoms with van der Waals surface area (Å²) < 4.78 is 0. The van der Waals surface area contributed by atoms with Gasteiger partial charge in [-0.3, -0.25) is 4.79 Å². The summed E-state index contributed by atoms with van der Waals surface area (Å²) in [5, 5.41) is 6.68. The fourth-order valence-electron chi connectivity index (χ4n) is 1.46. The Bertz CT molecular complexity index is 404. The van der Waals surface area contributed by atoms with Crippen LogP contribution in [0.5, 0.6) is 0 Å². The van der Waals surface area contributed by atoms with Gasteiger partial charge in [0.1, 0.15) is 6.04 Å². The Balaban J connectivity index is 2.70. The molecule has 1 atom stereocenters. The van der Waals surface area contributed by atoms with Gasteiger partial charge in [0, 0.05) is 16.8 Å². The molecule has 0 saturated heterocycles. The molecule has 0 fully saturated rings. The Hall–Kier alpha value is -1.22. The van der Waals surface area contributed by atoms with Crippen LogP contribution in [0.15, 0.2) is 18.2 Å². The molecule has 0 spiro atoms. The van der Waals surface area contributed by atoms with Gasteiger partial charge >= 0.3 is 0 Å². The van der Waals surface area contributed by atoms with Gasteiger partial charge in [0.25, 0.3) is 0 Å². The third-order valence-corrected chi connectivity index (χ3v) is 2.63. The Kier molecular flexibility index (Phi) is 4.82. The molecule has 0 aromatic heterocycles. The van der Waals surface area contributed by atoms with Gasteiger partial charge in [0.2, 0.25) is 5.91 Å². The van der Waals surface area contributed by atoms with E-state index >= 15 is 0 Å². The zero-order valence-corrected chi connectivity index (χ0v) is 11.4. The van der Waals surface area contributed by atoms with Crippen molar-refractivity contribution in [1.29, 1.82) is 0 Å².